The van der Waals surface area contributed by atoms with Gasteiger partial charge in [0.1, 0.15) is 0 Å². The molecule has 1 heterocycles. The predicted molar refractivity (Wildman–Crippen MR) is 151 cm³/mol. The molecule has 208 valence electrons. The maximum absolute atomic E-state index is 14.2. The van der Waals surface area contributed by atoms with Crippen molar-refractivity contribution in [1.82, 2.24) is 4.98 Å². The summed E-state index contributed by atoms with van der Waals surface area (Å²) in [5, 5.41) is 2.91. The number of hydrogen-bond donors (Lipinski definition) is 1. The van der Waals surface area contributed by atoms with E-state index in [1.165, 1.54) is 19.2 Å². The number of carbonyl (C=O) groups excluding carboxylic acids is 1. The molecule has 0 spiro atoms. The zero-order valence-electron chi connectivity index (χ0n) is 21.5. The first-order valence-corrected chi connectivity index (χ1v) is 14.3. The summed E-state index contributed by atoms with van der Waals surface area (Å²) in [7, 11) is 1.40. The molecular weight excluding hydrogens is 578 g/mol. The van der Waals surface area contributed by atoms with Gasteiger partial charge in [-0.2, -0.15) is 0 Å². The zero-order chi connectivity index (χ0) is 28.6. The summed E-state index contributed by atoms with van der Waals surface area (Å²) in [4.78, 5) is 17.2. The molecule has 7 nitrogen and oxygen atoms in total. The molecule has 2 atom stereocenters. The number of nitrogens with one attached hydrogen (secondary N) is 1. The number of methoxy groups -OCH3 is 1. The molecule has 4 aromatic rings. The van der Waals surface area contributed by atoms with E-state index in [4.69, 9.17) is 32.4 Å². The molecule has 1 amide bonds. The average Bonchev–Trinajstić information content (AvgIpc) is 3.54. The average molecular weight is 602 g/mol. The summed E-state index contributed by atoms with van der Waals surface area (Å²) in [5.41, 5.74) is 2.37. The Hall–Kier alpha value is -3.24. The summed E-state index contributed by atoms with van der Waals surface area (Å²) in [5.74, 6) is 0.181. The number of amides is 1. The molecule has 0 bridgehead atoms. The molecule has 0 radical (unpaired) electrons. The number of nitrogens with zero attached hydrogens (tertiary/aromatic N) is 1. The van der Waals surface area contributed by atoms with Gasteiger partial charge in [0.15, 0.2) is 17.3 Å². The highest BCUT2D eigenvalue weighted by atomic mass is 35.5. The first-order valence-electron chi connectivity index (χ1n) is 12.4. The van der Waals surface area contributed by atoms with Crippen molar-refractivity contribution in [2.75, 3.05) is 12.4 Å². The summed E-state index contributed by atoms with van der Waals surface area (Å²) in [6.07, 6.45) is 3.05. The molecule has 3 aromatic carbocycles. The van der Waals surface area contributed by atoms with Gasteiger partial charge in [-0.3, -0.25) is 9.00 Å². The minimum absolute atomic E-state index is 0.0844. The summed E-state index contributed by atoms with van der Waals surface area (Å²) in [6.45, 7) is 1.59. The molecule has 2 unspecified atom stereocenters. The van der Waals surface area contributed by atoms with Crippen molar-refractivity contribution in [1.29, 1.82) is 0 Å². The quantitative estimate of drug-likeness (QED) is 0.207. The Morgan fingerprint density at radius 3 is 2.42 bits per heavy atom. The van der Waals surface area contributed by atoms with E-state index in [0.29, 0.717) is 56.9 Å². The second-order valence-electron chi connectivity index (χ2n) is 9.65. The first kappa shape index (κ1) is 28.3. The van der Waals surface area contributed by atoms with E-state index in [2.05, 4.69) is 10.3 Å². The topological polar surface area (TPSA) is 104 Å². The van der Waals surface area contributed by atoms with Crippen molar-refractivity contribution in [2.24, 2.45) is 0 Å². The molecule has 0 aliphatic heterocycles. The number of benzene rings is 3. The highest BCUT2D eigenvalue weighted by molar-refractivity contribution is 7.79. The van der Waals surface area contributed by atoms with E-state index in [-0.39, 0.29) is 18.1 Å². The second kappa shape index (κ2) is 11.3. The van der Waals surface area contributed by atoms with Gasteiger partial charge < -0.3 is 19.0 Å². The van der Waals surface area contributed by atoms with E-state index in [0.717, 1.165) is 5.56 Å². The van der Waals surface area contributed by atoms with Gasteiger partial charge in [-0.05, 0) is 72.3 Å². The predicted octanol–water partition coefficient (Wildman–Crippen LogP) is 7.00. The molecule has 1 N–H and O–H groups in total. The largest absolute Gasteiger partial charge is 0.772 e. The Labute approximate surface area is 243 Å². The fraction of sp³-hybridized carbons (Fsp3) is 0.241. The number of oxazole rings is 1. The van der Waals surface area contributed by atoms with Crippen molar-refractivity contribution in [3.63, 3.8) is 0 Å². The van der Waals surface area contributed by atoms with Crippen LogP contribution in [0.3, 0.4) is 0 Å². The van der Waals surface area contributed by atoms with Crippen LogP contribution < -0.4 is 10.1 Å². The minimum atomic E-state index is -2.22. The van der Waals surface area contributed by atoms with Gasteiger partial charge in [0.25, 0.3) is 0 Å². The standard InChI is InChI=1S/C29H25Cl2FN2O5S/c1-16(40(36)37)18-5-3-17(4-6-18)11-26(35)34-20-13-21(30)27(22(31)14-20)29(9-10-29)28-33-15-25(39-28)19-7-8-24(38-2)23(32)12-19/h3-8,12-16H,9-11H2,1-2H3,(H,34,35)(H,36,37)/p-1. The van der Waals surface area contributed by atoms with Crippen LogP contribution in [0.2, 0.25) is 10.0 Å². The first-order chi connectivity index (χ1) is 19.1. The van der Waals surface area contributed by atoms with Gasteiger partial charge in [0.05, 0.1) is 25.1 Å². The molecule has 1 fully saturated rings. The fourth-order valence-electron chi connectivity index (χ4n) is 4.65. The zero-order valence-corrected chi connectivity index (χ0v) is 23.8. The Kier molecular flexibility index (Phi) is 8.01. The third kappa shape index (κ3) is 5.65. The van der Waals surface area contributed by atoms with Crippen LogP contribution in [-0.4, -0.2) is 26.8 Å². The number of hydrogen-bond acceptors (Lipinski definition) is 6. The molecule has 1 aromatic heterocycles. The van der Waals surface area contributed by atoms with Crippen molar-refractivity contribution in [2.45, 2.75) is 36.9 Å². The fourth-order valence-corrected chi connectivity index (χ4v) is 5.88. The normalized spacial score (nSPS) is 15.3. The van der Waals surface area contributed by atoms with E-state index < -0.39 is 27.6 Å². The number of aromatic nitrogens is 1. The van der Waals surface area contributed by atoms with E-state index >= 15 is 0 Å². The Morgan fingerprint density at radius 1 is 1.18 bits per heavy atom. The van der Waals surface area contributed by atoms with Crippen LogP contribution in [0.25, 0.3) is 11.3 Å². The third-order valence-corrected chi connectivity index (χ3v) is 8.45. The molecule has 5 rings (SSSR count). The summed E-state index contributed by atoms with van der Waals surface area (Å²) >= 11 is 11.2. The molecule has 1 aliphatic carbocycles. The summed E-state index contributed by atoms with van der Waals surface area (Å²) < 4.78 is 47.6. The SMILES string of the molecule is COc1ccc(-c2cnc(C3(c4c(Cl)cc(NC(=O)Cc5ccc(C(C)S(=O)[O-])cc5)cc4Cl)CC3)o2)cc1F. The second-order valence-corrected chi connectivity index (χ2v) is 11.7. The van der Waals surface area contributed by atoms with Gasteiger partial charge in [0, 0.05) is 32.1 Å². The number of carbonyl (C=O) groups is 1. The van der Waals surface area contributed by atoms with Crippen molar-refractivity contribution >= 4 is 45.9 Å². The van der Waals surface area contributed by atoms with E-state index in [1.54, 1.807) is 55.6 Å². The van der Waals surface area contributed by atoms with Crippen LogP contribution >= 0.6 is 23.2 Å². The van der Waals surface area contributed by atoms with Gasteiger partial charge in [-0.25, -0.2) is 9.37 Å². The van der Waals surface area contributed by atoms with Crippen molar-refractivity contribution in [3.05, 3.63) is 99.2 Å². The molecule has 0 saturated heterocycles. The van der Waals surface area contributed by atoms with Gasteiger partial charge in [-0.1, -0.05) is 47.5 Å². The maximum atomic E-state index is 14.2. The Morgan fingerprint density at radius 2 is 1.85 bits per heavy atom. The highest BCUT2D eigenvalue weighted by Crippen LogP contribution is 2.57. The smallest absolute Gasteiger partial charge is 0.228 e. The van der Waals surface area contributed by atoms with Crippen LogP contribution in [0.5, 0.6) is 5.75 Å². The lowest BCUT2D eigenvalue weighted by atomic mass is 9.95. The number of ether oxygens (including phenoxy) is 1. The van der Waals surface area contributed by atoms with Crippen LogP contribution in [0.4, 0.5) is 10.1 Å². The molecular formula is C29H24Cl2FN2O5S-. The number of rotatable bonds is 9. The lowest BCUT2D eigenvalue weighted by Crippen LogP contribution is -2.16. The lowest BCUT2D eigenvalue weighted by Gasteiger charge is -2.17. The monoisotopic (exact) mass is 601 g/mol. The minimum Gasteiger partial charge on any atom is -0.772 e. The van der Waals surface area contributed by atoms with Crippen LogP contribution in [0.1, 0.15) is 47.6 Å². The van der Waals surface area contributed by atoms with E-state index in [9.17, 15) is 17.9 Å². The highest BCUT2D eigenvalue weighted by Gasteiger charge is 2.52. The van der Waals surface area contributed by atoms with Crippen LogP contribution in [-0.2, 0) is 27.7 Å². The molecule has 1 aliphatic rings. The number of halogens is 3. The van der Waals surface area contributed by atoms with Gasteiger partial charge in [0.2, 0.25) is 11.8 Å². The van der Waals surface area contributed by atoms with Crippen molar-refractivity contribution in [3.8, 4) is 17.1 Å². The lowest BCUT2D eigenvalue weighted by molar-refractivity contribution is -0.115. The number of anilines is 1. The molecule has 40 heavy (non-hydrogen) atoms. The maximum Gasteiger partial charge on any atom is 0.228 e. The van der Waals surface area contributed by atoms with Crippen LogP contribution in [0.15, 0.2) is 65.2 Å². The van der Waals surface area contributed by atoms with Gasteiger partial charge >= 0.3 is 0 Å². The van der Waals surface area contributed by atoms with E-state index in [1.807, 2.05) is 0 Å². The summed E-state index contributed by atoms with van der Waals surface area (Å²) in [6, 6.07) is 14.6. The van der Waals surface area contributed by atoms with Gasteiger partial charge in [-0.15, -0.1) is 0 Å². The third-order valence-electron chi connectivity index (χ3n) is 7.01. The molecule has 11 heteroatoms. The van der Waals surface area contributed by atoms with Crippen LogP contribution in [0, 0.1) is 5.82 Å². The Bertz CT molecular complexity index is 1580. The molecule has 1 saturated carbocycles. The van der Waals surface area contributed by atoms with Crippen molar-refractivity contribution < 1.29 is 27.1 Å². The Balaban J connectivity index is 1.31.